The number of unbranched alkanes of at least 4 members (excludes halogenated alkanes) is 2. The van der Waals surface area contributed by atoms with Gasteiger partial charge >= 0.3 is 7.82 Å². The first-order chi connectivity index (χ1) is 14.0. The van der Waals surface area contributed by atoms with Crippen LogP contribution in [0.1, 0.15) is 42.4 Å². The Bertz CT molecular complexity index is 811. The molecule has 0 amide bonds. The van der Waals surface area contributed by atoms with E-state index in [1.807, 2.05) is 18.2 Å². The summed E-state index contributed by atoms with van der Waals surface area (Å²) in [5, 5.41) is 0. The molecule has 3 aromatic carbocycles. The smallest absolute Gasteiger partial charge is 0.303 e. The van der Waals surface area contributed by atoms with Crippen LogP contribution in [-0.4, -0.2) is 16.4 Å². The van der Waals surface area contributed by atoms with Crippen LogP contribution in [0.3, 0.4) is 0 Å². The summed E-state index contributed by atoms with van der Waals surface area (Å²) >= 11 is 0. The lowest BCUT2D eigenvalue weighted by molar-refractivity contribution is 0.193. The molecule has 0 bridgehead atoms. The molecule has 0 aliphatic rings. The van der Waals surface area contributed by atoms with Crippen molar-refractivity contribution in [3.8, 4) is 0 Å². The number of phosphoric ester groups is 1. The van der Waals surface area contributed by atoms with Crippen molar-refractivity contribution in [2.24, 2.45) is 0 Å². The Morgan fingerprint density at radius 2 is 1.07 bits per heavy atom. The second kappa shape index (κ2) is 10.00. The molecule has 0 atom stereocenters. The van der Waals surface area contributed by atoms with Crippen LogP contribution in [0, 0.1) is 0 Å². The Hall–Kier alpha value is -2.23. The highest BCUT2D eigenvalue weighted by Gasteiger charge is 2.35. The number of benzene rings is 3. The third-order valence-electron chi connectivity index (χ3n) is 5.26. The predicted molar refractivity (Wildman–Crippen MR) is 116 cm³/mol. The summed E-state index contributed by atoms with van der Waals surface area (Å²) in [7, 11) is -4.39. The topological polar surface area (TPSA) is 66.8 Å². The van der Waals surface area contributed by atoms with E-state index in [9.17, 15) is 4.57 Å². The van der Waals surface area contributed by atoms with Crippen molar-refractivity contribution in [2.75, 3.05) is 6.61 Å². The van der Waals surface area contributed by atoms with Gasteiger partial charge in [-0.05, 0) is 29.5 Å². The number of hydrogen-bond acceptors (Lipinski definition) is 2. The van der Waals surface area contributed by atoms with Crippen LogP contribution < -0.4 is 0 Å². The SMILES string of the molecule is O=P(O)(O)OCCCCCC(c1ccccc1)(c1ccccc1)c1ccccc1. The minimum absolute atomic E-state index is 0.0687. The molecule has 0 radical (unpaired) electrons. The summed E-state index contributed by atoms with van der Waals surface area (Å²) in [4.78, 5) is 17.7. The molecule has 0 unspecified atom stereocenters. The van der Waals surface area contributed by atoms with E-state index in [4.69, 9.17) is 9.79 Å². The van der Waals surface area contributed by atoms with Gasteiger partial charge in [-0.1, -0.05) is 104 Å². The maximum absolute atomic E-state index is 10.9. The van der Waals surface area contributed by atoms with Gasteiger partial charge in [0, 0.05) is 5.41 Å². The minimum Gasteiger partial charge on any atom is -0.303 e. The Morgan fingerprint density at radius 1 is 0.655 bits per heavy atom. The molecule has 0 aromatic heterocycles. The van der Waals surface area contributed by atoms with Gasteiger partial charge in [0.2, 0.25) is 0 Å². The Labute approximate surface area is 172 Å². The van der Waals surface area contributed by atoms with Crippen molar-refractivity contribution >= 4 is 7.82 Å². The van der Waals surface area contributed by atoms with Gasteiger partial charge in [0.1, 0.15) is 0 Å². The van der Waals surface area contributed by atoms with Crippen LogP contribution in [0.4, 0.5) is 0 Å². The van der Waals surface area contributed by atoms with Crippen molar-refractivity contribution in [1.29, 1.82) is 0 Å². The zero-order valence-electron chi connectivity index (χ0n) is 16.4. The maximum atomic E-state index is 10.9. The molecule has 0 saturated carbocycles. The van der Waals surface area contributed by atoms with Gasteiger partial charge in [0.25, 0.3) is 0 Å². The third-order valence-corrected chi connectivity index (χ3v) is 5.77. The highest BCUT2D eigenvalue weighted by Crippen LogP contribution is 2.43. The van der Waals surface area contributed by atoms with Gasteiger partial charge in [0.15, 0.2) is 0 Å². The average molecular weight is 410 g/mol. The summed E-state index contributed by atoms with van der Waals surface area (Å²) in [5.41, 5.74) is 3.44. The molecule has 4 nitrogen and oxygen atoms in total. The fourth-order valence-electron chi connectivity index (χ4n) is 3.95. The highest BCUT2D eigenvalue weighted by atomic mass is 31.2. The summed E-state index contributed by atoms with van der Waals surface area (Å²) in [6, 6.07) is 31.6. The van der Waals surface area contributed by atoms with E-state index in [1.165, 1.54) is 16.7 Å². The van der Waals surface area contributed by atoms with Gasteiger partial charge < -0.3 is 9.79 Å². The number of rotatable bonds is 10. The van der Waals surface area contributed by atoms with E-state index in [1.54, 1.807) is 0 Å². The molecule has 2 N–H and O–H groups in total. The Kier molecular flexibility index (Phi) is 7.40. The van der Waals surface area contributed by atoms with Crippen LogP contribution in [0.2, 0.25) is 0 Å². The molecule has 0 saturated heterocycles. The normalized spacial score (nSPS) is 12.1. The van der Waals surface area contributed by atoms with Crippen LogP contribution in [0.25, 0.3) is 0 Å². The summed E-state index contributed by atoms with van der Waals surface area (Å²) < 4.78 is 15.4. The fourth-order valence-corrected chi connectivity index (χ4v) is 4.32. The van der Waals surface area contributed by atoms with Crippen molar-refractivity contribution < 1.29 is 18.9 Å². The van der Waals surface area contributed by atoms with E-state index in [0.717, 1.165) is 19.3 Å². The van der Waals surface area contributed by atoms with E-state index >= 15 is 0 Å². The van der Waals surface area contributed by atoms with Crippen LogP contribution >= 0.6 is 7.82 Å². The molecule has 0 spiro atoms. The molecule has 152 valence electrons. The van der Waals surface area contributed by atoms with E-state index in [-0.39, 0.29) is 12.0 Å². The zero-order valence-corrected chi connectivity index (χ0v) is 17.2. The van der Waals surface area contributed by atoms with Gasteiger partial charge in [-0.25, -0.2) is 4.57 Å². The molecular formula is C24H27O4P. The standard InChI is InChI=1S/C24H27O4P/c25-29(26,27)28-20-12-4-11-19-24(21-13-5-1-6-14-21,22-15-7-2-8-16-22)23-17-9-3-10-18-23/h1-3,5-10,13-18H,4,11-12,19-20H2,(H2,25,26,27). The quantitative estimate of drug-likeness (QED) is 0.256. The molecule has 0 fully saturated rings. The molecule has 3 aromatic rings. The van der Waals surface area contributed by atoms with Gasteiger partial charge in [0.05, 0.1) is 6.61 Å². The predicted octanol–water partition coefficient (Wildman–Crippen LogP) is 5.69. The first kappa shape index (κ1) is 21.5. The lowest BCUT2D eigenvalue weighted by Crippen LogP contribution is -2.29. The Morgan fingerprint density at radius 3 is 1.45 bits per heavy atom. The molecule has 0 aliphatic heterocycles. The van der Waals surface area contributed by atoms with Crippen molar-refractivity contribution in [2.45, 2.75) is 31.1 Å². The summed E-state index contributed by atoms with van der Waals surface area (Å²) in [6.07, 6.45) is 3.23. The van der Waals surface area contributed by atoms with E-state index < -0.39 is 7.82 Å². The van der Waals surface area contributed by atoms with Gasteiger partial charge in [-0.2, -0.15) is 0 Å². The summed E-state index contributed by atoms with van der Waals surface area (Å²) in [6.45, 7) is 0.0687. The van der Waals surface area contributed by atoms with Crippen LogP contribution in [-0.2, 0) is 14.5 Å². The Balaban J connectivity index is 1.90. The molecule has 0 heterocycles. The molecule has 29 heavy (non-hydrogen) atoms. The van der Waals surface area contributed by atoms with E-state index in [0.29, 0.717) is 6.42 Å². The van der Waals surface area contributed by atoms with Crippen LogP contribution in [0.15, 0.2) is 91.0 Å². The minimum atomic E-state index is -4.39. The first-order valence-electron chi connectivity index (χ1n) is 9.89. The van der Waals surface area contributed by atoms with Crippen molar-refractivity contribution in [3.05, 3.63) is 108 Å². The molecular weight excluding hydrogens is 383 g/mol. The number of hydrogen-bond donors (Lipinski definition) is 2. The maximum Gasteiger partial charge on any atom is 0.469 e. The number of phosphoric acid groups is 1. The lowest BCUT2D eigenvalue weighted by atomic mass is 9.66. The largest absolute Gasteiger partial charge is 0.469 e. The van der Waals surface area contributed by atoms with E-state index in [2.05, 4.69) is 77.3 Å². The zero-order chi connectivity index (χ0) is 20.6. The second-order valence-electron chi connectivity index (χ2n) is 7.14. The highest BCUT2D eigenvalue weighted by molar-refractivity contribution is 7.46. The molecule has 0 aliphatic carbocycles. The molecule has 3 rings (SSSR count). The average Bonchev–Trinajstić information content (AvgIpc) is 2.75. The van der Waals surface area contributed by atoms with Crippen molar-refractivity contribution in [3.63, 3.8) is 0 Å². The lowest BCUT2D eigenvalue weighted by Gasteiger charge is -2.36. The van der Waals surface area contributed by atoms with Crippen LogP contribution in [0.5, 0.6) is 0 Å². The van der Waals surface area contributed by atoms with Gasteiger partial charge in [-0.3, -0.25) is 4.52 Å². The first-order valence-corrected chi connectivity index (χ1v) is 11.4. The van der Waals surface area contributed by atoms with Crippen molar-refractivity contribution in [1.82, 2.24) is 0 Å². The molecule has 5 heteroatoms. The fraction of sp³-hybridized carbons (Fsp3) is 0.250. The monoisotopic (exact) mass is 410 g/mol. The second-order valence-corrected chi connectivity index (χ2v) is 8.38. The van der Waals surface area contributed by atoms with Gasteiger partial charge in [-0.15, -0.1) is 0 Å². The summed E-state index contributed by atoms with van der Waals surface area (Å²) in [5.74, 6) is 0. The third kappa shape index (κ3) is 5.65.